The molecule has 152 valence electrons. The zero-order chi connectivity index (χ0) is 20.5. The fraction of sp³-hybridized carbons (Fsp3) is 0.273. The maximum absolute atomic E-state index is 13.0. The highest BCUT2D eigenvalue weighted by Gasteiger charge is 2.20. The summed E-state index contributed by atoms with van der Waals surface area (Å²) in [5.74, 6) is 0.922. The van der Waals surface area contributed by atoms with Crippen molar-refractivity contribution in [3.8, 4) is 0 Å². The molecule has 0 atom stereocenters. The van der Waals surface area contributed by atoms with Gasteiger partial charge in [0.05, 0.1) is 0 Å². The number of hydrogen-bond acceptors (Lipinski definition) is 5. The van der Waals surface area contributed by atoms with Gasteiger partial charge in [-0.05, 0) is 54.5 Å². The Bertz CT molecular complexity index is 869. The third-order valence-corrected chi connectivity index (χ3v) is 5.64. The lowest BCUT2D eigenvalue weighted by Crippen LogP contribution is -2.28. The first-order chi connectivity index (χ1) is 14.1. The predicted octanol–water partition coefficient (Wildman–Crippen LogP) is 4.86. The first-order valence-electron chi connectivity index (χ1n) is 9.45. The predicted molar refractivity (Wildman–Crippen MR) is 112 cm³/mol. The highest BCUT2D eigenvalue weighted by molar-refractivity contribution is 8.03. The number of aryl methyl sites for hydroxylation is 1. The summed E-state index contributed by atoms with van der Waals surface area (Å²) >= 11 is 1.58. The fourth-order valence-electron chi connectivity index (χ4n) is 3.02. The van der Waals surface area contributed by atoms with Crippen LogP contribution in [0.3, 0.4) is 0 Å². The quantitative estimate of drug-likeness (QED) is 0.467. The molecule has 0 bridgehead atoms. The molecule has 0 spiro atoms. The largest absolute Gasteiger partial charge is 0.511 e. The number of halogens is 1. The Morgan fingerprint density at radius 2 is 2.03 bits per heavy atom. The summed E-state index contributed by atoms with van der Waals surface area (Å²) < 4.78 is 18.0. The van der Waals surface area contributed by atoms with Gasteiger partial charge in [-0.25, -0.2) is 9.18 Å². The van der Waals surface area contributed by atoms with Crippen molar-refractivity contribution in [3.05, 3.63) is 88.7 Å². The van der Waals surface area contributed by atoms with Crippen molar-refractivity contribution in [2.75, 3.05) is 18.8 Å². The molecule has 0 aliphatic carbocycles. The van der Waals surface area contributed by atoms with Crippen LogP contribution in [0.1, 0.15) is 17.7 Å². The van der Waals surface area contributed by atoms with Gasteiger partial charge in [-0.2, -0.15) is 0 Å². The smallest absolute Gasteiger partial charge is 0.449 e. The van der Waals surface area contributed by atoms with Crippen LogP contribution in [-0.2, 0) is 17.6 Å². The number of rotatable bonds is 9. The second-order valence-corrected chi connectivity index (χ2v) is 7.62. The third kappa shape index (κ3) is 6.64. The van der Waals surface area contributed by atoms with Crippen LogP contribution in [0.2, 0.25) is 0 Å². The molecule has 0 unspecified atom stereocenters. The molecule has 0 saturated carbocycles. The first kappa shape index (κ1) is 20.9. The van der Waals surface area contributed by atoms with Gasteiger partial charge in [0, 0.05) is 31.4 Å². The number of hydrogen-bond donors (Lipinski definition) is 1. The van der Waals surface area contributed by atoms with Gasteiger partial charge >= 0.3 is 6.16 Å². The Morgan fingerprint density at radius 1 is 1.21 bits per heavy atom. The van der Waals surface area contributed by atoms with Crippen LogP contribution in [0.15, 0.2) is 71.6 Å². The molecule has 2 heterocycles. The molecule has 1 aliphatic heterocycles. The number of aromatic nitrogens is 1. The van der Waals surface area contributed by atoms with Gasteiger partial charge in [0.1, 0.15) is 10.8 Å². The van der Waals surface area contributed by atoms with Gasteiger partial charge in [-0.3, -0.25) is 4.98 Å². The average molecular weight is 415 g/mol. The van der Waals surface area contributed by atoms with Crippen molar-refractivity contribution in [1.82, 2.24) is 9.88 Å². The Balaban J connectivity index is 1.61. The summed E-state index contributed by atoms with van der Waals surface area (Å²) in [6.07, 6.45) is 6.55. The van der Waals surface area contributed by atoms with Crippen LogP contribution in [0.5, 0.6) is 0 Å². The van der Waals surface area contributed by atoms with Crippen LogP contribution < -0.4 is 0 Å². The molecule has 7 heteroatoms. The van der Waals surface area contributed by atoms with Crippen molar-refractivity contribution >= 4 is 17.9 Å². The first-order valence-corrected chi connectivity index (χ1v) is 10.4. The molecule has 1 N–H and O–H groups in total. The summed E-state index contributed by atoms with van der Waals surface area (Å²) in [5.41, 5.74) is 2.07. The number of carboxylic acid groups (broad SMARTS) is 1. The Labute approximate surface area is 173 Å². The molecule has 0 amide bonds. The van der Waals surface area contributed by atoms with Gasteiger partial charge in [0.25, 0.3) is 0 Å². The maximum atomic E-state index is 13.0. The van der Waals surface area contributed by atoms with Gasteiger partial charge < -0.3 is 14.7 Å². The molecule has 1 aromatic carbocycles. The van der Waals surface area contributed by atoms with E-state index in [4.69, 9.17) is 9.84 Å². The summed E-state index contributed by atoms with van der Waals surface area (Å²) in [6.45, 7) is 1.41. The van der Waals surface area contributed by atoms with E-state index in [1.807, 2.05) is 24.3 Å². The number of ether oxygens (including phenoxy) is 1. The van der Waals surface area contributed by atoms with E-state index in [-0.39, 0.29) is 5.82 Å². The Morgan fingerprint density at radius 3 is 2.76 bits per heavy atom. The molecule has 5 nitrogen and oxygen atoms in total. The van der Waals surface area contributed by atoms with E-state index in [9.17, 15) is 9.18 Å². The van der Waals surface area contributed by atoms with Crippen LogP contribution in [0.25, 0.3) is 0 Å². The van der Waals surface area contributed by atoms with Crippen LogP contribution >= 0.6 is 11.8 Å². The molecule has 29 heavy (non-hydrogen) atoms. The summed E-state index contributed by atoms with van der Waals surface area (Å²) in [5, 5.41) is 9.89. The number of nitrogens with zero attached hydrogens (tertiary/aromatic N) is 2. The fourth-order valence-corrected chi connectivity index (χ4v) is 4.10. The van der Waals surface area contributed by atoms with Crippen molar-refractivity contribution < 1.29 is 19.0 Å². The Hall–Kier alpha value is -2.80. The summed E-state index contributed by atoms with van der Waals surface area (Å²) in [4.78, 5) is 17.6. The zero-order valence-corrected chi connectivity index (χ0v) is 16.8. The van der Waals surface area contributed by atoms with Crippen molar-refractivity contribution in [2.45, 2.75) is 19.3 Å². The molecule has 0 saturated heterocycles. The normalized spacial score (nSPS) is 13.6. The lowest BCUT2D eigenvalue weighted by molar-refractivity contribution is 0.119. The number of pyridine rings is 1. The lowest BCUT2D eigenvalue weighted by atomic mass is 10.1. The molecule has 0 radical (unpaired) electrons. The second kappa shape index (κ2) is 10.7. The highest BCUT2D eigenvalue weighted by Crippen LogP contribution is 2.30. The van der Waals surface area contributed by atoms with Gasteiger partial charge in [-0.15, -0.1) is 11.8 Å². The van der Waals surface area contributed by atoms with Crippen LogP contribution in [0.4, 0.5) is 9.18 Å². The van der Waals surface area contributed by atoms with E-state index in [1.54, 1.807) is 36.2 Å². The molecule has 2 aromatic rings. The highest BCUT2D eigenvalue weighted by atomic mass is 32.2. The Kier molecular flexibility index (Phi) is 7.69. The molecular formula is C22H23FN2O3S. The van der Waals surface area contributed by atoms with Gasteiger partial charge in [-0.1, -0.05) is 24.3 Å². The number of benzene rings is 1. The average Bonchev–Trinajstić information content (AvgIpc) is 2.72. The van der Waals surface area contributed by atoms with Crippen molar-refractivity contribution in [1.29, 1.82) is 0 Å². The topological polar surface area (TPSA) is 62.7 Å². The second-order valence-electron chi connectivity index (χ2n) is 6.54. The van der Waals surface area contributed by atoms with E-state index in [2.05, 4.69) is 9.88 Å². The minimum absolute atomic E-state index is 0.235. The third-order valence-electron chi connectivity index (χ3n) is 4.42. The SMILES string of the molecule is O=C(O)OC1=C(SCCCc2ccc(F)cc2)N(CCc2ccccn2)CC=C1. The number of thioether (sulfide) groups is 1. The van der Waals surface area contributed by atoms with Gasteiger partial charge in [0.15, 0.2) is 5.76 Å². The monoisotopic (exact) mass is 414 g/mol. The van der Waals surface area contributed by atoms with Crippen molar-refractivity contribution in [2.24, 2.45) is 0 Å². The summed E-state index contributed by atoms with van der Waals surface area (Å²) in [6, 6.07) is 12.3. The van der Waals surface area contributed by atoms with E-state index < -0.39 is 6.16 Å². The lowest BCUT2D eigenvalue weighted by Gasteiger charge is -2.29. The maximum Gasteiger partial charge on any atom is 0.511 e. The van der Waals surface area contributed by atoms with Gasteiger partial charge in [0.2, 0.25) is 0 Å². The van der Waals surface area contributed by atoms with E-state index in [0.29, 0.717) is 18.8 Å². The molecular weight excluding hydrogens is 391 g/mol. The standard InChI is InChI=1S/C22H23FN2O3S/c23-18-10-8-17(9-11-18)5-4-16-29-21-20(28-22(26)27)7-3-14-25(21)15-12-19-6-1-2-13-24-19/h1-3,6-11,13H,4-5,12,14-16H2,(H,26,27). The zero-order valence-electron chi connectivity index (χ0n) is 16.0. The summed E-state index contributed by atoms with van der Waals surface area (Å²) in [7, 11) is 0. The minimum atomic E-state index is -1.32. The van der Waals surface area contributed by atoms with E-state index in [1.165, 1.54) is 12.1 Å². The van der Waals surface area contributed by atoms with Crippen LogP contribution in [-0.4, -0.2) is 40.0 Å². The van der Waals surface area contributed by atoms with E-state index >= 15 is 0 Å². The van der Waals surface area contributed by atoms with E-state index in [0.717, 1.165) is 41.3 Å². The number of allylic oxidation sites excluding steroid dienone is 1. The molecule has 1 aromatic heterocycles. The molecule has 0 fully saturated rings. The minimum Gasteiger partial charge on any atom is -0.449 e. The molecule has 3 rings (SSSR count). The molecule has 1 aliphatic rings. The van der Waals surface area contributed by atoms with Crippen molar-refractivity contribution in [3.63, 3.8) is 0 Å². The number of carbonyl (C=O) groups is 1. The van der Waals surface area contributed by atoms with Crippen LogP contribution in [0, 0.1) is 5.82 Å².